The minimum atomic E-state index is -2.41. The molecule has 0 aliphatic carbocycles. The van der Waals surface area contributed by atoms with Gasteiger partial charge in [-0.1, -0.05) is 12.1 Å². The van der Waals surface area contributed by atoms with Crippen LogP contribution in [-0.2, 0) is 61.9 Å². The van der Waals surface area contributed by atoms with E-state index in [0.29, 0.717) is 0 Å². The number of aliphatic hydroxyl groups excluding tert-OH is 11. The molecule has 0 unspecified atom stereocenters. The highest BCUT2D eigenvalue weighted by molar-refractivity contribution is 5.91. The Bertz CT molecular complexity index is 3760. The molecule has 5 heterocycles. The van der Waals surface area contributed by atoms with E-state index < -0.39 is 259 Å². The molecule has 0 radical (unpaired) electrons. The quantitative estimate of drug-likeness (QED) is 0.00793. The Hall–Kier alpha value is -9.52. The van der Waals surface area contributed by atoms with E-state index in [4.69, 9.17) is 56.5 Å². The minimum absolute atomic E-state index is 0.117. The molecule has 20 N–H and O–H groups in total. The van der Waals surface area contributed by atoms with Crippen LogP contribution in [0.4, 0.5) is 0 Å². The van der Waals surface area contributed by atoms with Crippen LogP contribution in [0, 0.1) is 0 Å². The molecule has 5 aromatic rings. The zero-order valence-corrected chi connectivity index (χ0v) is 49.4. The zero-order valence-electron chi connectivity index (χ0n) is 49.4. The number of hydrogen-bond acceptors (Lipinski definition) is 34. The summed E-state index contributed by atoms with van der Waals surface area (Å²) in [4.78, 5) is 62.0. The van der Waals surface area contributed by atoms with Crippen molar-refractivity contribution in [3.63, 3.8) is 0 Å². The first-order valence-electron chi connectivity index (χ1n) is 28.7. The number of phenolic OH excluding ortho intramolecular Hbond substituents is 7. The van der Waals surface area contributed by atoms with Crippen molar-refractivity contribution in [3.05, 3.63) is 90.0 Å². The van der Waals surface area contributed by atoms with Crippen molar-refractivity contribution >= 4 is 53.0 Å². The first kappa shape index (κ1) is 71.8. The zero-order chi connectivity index (χ0) is 70.6. The summed E-state index contributed by atoms with van der Waals surface area (Å²) in [5.74, 6) is -15.5. The minimum Gasteiger partial charge on any atom is -0.507 e. The monoisotopic (exact) mass is 1380 g/mol. The SMILES string of the molecule is O=C(O)CC(=O)OC[C@H]1O[C@@H](Oc2cc3c(O)cc(O[C@@H]4O[C@H](COC(=O)/C=C/c5ccc(O)c(O)c5)[C@@H](O)[C@H](O)[C@H]4O)cc3[o+]c2-c2cc(O)c(O)c(O[C@@H]3O[C@H](C(=O)O)[C@@H](O)[C@H](O)[C@H]3O)c2)[C@H](O[C@@H]2O[C@H](CO)[C@@H](O)[C@H](O)[C@H]2OC(=O)/C=C/c2ccc(O)c(O)c2)[C@@H](O)[C@H]1O. The number of aliphatic carboxylic acids is 2. The van der Waals surface area contributed by atoms with Crippen molar-refractivity contribution in [2.75, 3.05) is 19.8 Å². The van der Waals surface area contributed by atoms with Gasteiger partial charge in [-0.05, 0) is 47.5 Å². The van der Waals surface area contributed by atoms with Crippen LogP contribution in [0.25, 0.3) is 34.4 Å². The van der Waals surface area contributed by atoms with Crippen molar-refractivity contribution in [2.45, 2.75) is 129 Å². The van der Waals surface area contributed by atoms with Gasteiger partial charge >= 0.3 is 41.2 Å². The Kier molecular flexibility index (Phi) is 22.4. The topological polar surface area (TPSA) is 603 Å². The predicted molar refractivity (Wildman–Crippen MR) is 309 cm³/mol. The van der Waals surface area contributed by atoms with Crippen molar-refractivity contribution in [1.82, 2.24) is 0 Å². The van der Waals surface area contributed by atoms with Gasteiger partial charge in [-0.25, -0.2) is 18.8 Å². The number of benzene rings is 4. The number of aromatic hydroxyl groups is 7. The lowest BCUT2D eigenvalue weighted by Gasteiger charge is -2.46. The van der Waals surface area contributed by atoms with Crippen molar-refractivity contribution in [2.24, 2.45) is 0 Å². The molecular formula is C60H63O37+. The summed E-state index contributed by atoms with van der Waals surface area (Å²) in [5, 5.41) is 212. The highest BCUT2D eigenvalue weighted by atomic mass is 16.8. The van der Waals surface area contributed by atoms with E-state index in [2.05, 4.69) is 0 Å². The lowest BCUT2D eigenvalue weighted by molar-refractivity contribution is -0.358. The Morgan fingerprint density at radius 1 is 0.485 bits per heavy atom. The average Bonchev–Trinajstić information content (AvgIpc) is 0.766. The van der Waals surface area contributed by atoms with Crippen LogP contribution < -0.4 is 14.2 Å². The van der Waals surface area contributed by atoms with Gasteiger partial charge in [0.25, 0.3) is 0 Å². The maximum atomic E-state index is 13.4. The number of phenols is 7. The molecule has 37 heteroatoms. The molecule has 37 nitrogen and oxygen atoms in total. The maximum Gasteiger partial charge on any atom is 0.402 e. The molecule has 0 saturated carbocycles. The normalized spacial score (nSPS) is 30.5. The second kappa shape index (κ2) is 30.3. The first-order chi connectivity index (χ1) is 45.9. The fourth-order valence-corrected chi connectivity index (χ4v) is 10.1. The molecule has 4 saturated heterocycles. The Morgan fingerprint density at radius 2 is 1.03 bits per heavy atom. The van der Waals surface area contributed by atoms with E-state index in [1.165, 1.54) is 18.2 Å². The van der Waals surface area contributed by atoms with Gasteiger partial charge in [0.05, 0.1) is 18.2 Å². The molecule has 9 rings (SSSR count). The van der Waals surface area contributed by atoms with E-state index in [9.17, 15) is 126 Å². The molecule has 0 spiro atoms. The molecule has 0 bridgehead atoms. The highest BCUT2D eigenvalue weighted by Gasteiger charge is 2.55. The summed E-state index contributed by atoms with van der Waals surface area (Å²) in [5.41, 5.74) is -0.691. The average molecular weight is 1380 g/mol. The number of ether oxygens (including phenoxy) is 11. The highest BCUT2D eigenvalue weighted by Crippen LogP contribution is 2.47. The van der Waals surface area contributed by atoms with Crippen LogP contribution in [0.3, 0.4) is 0 Å². The van der Waals surface area contributed by atoms with Crippen molar-refractivity contribution in [3.8, 4) is 68.8 Å². The number of hydrogen-bond donors (Lipinski definition) is 20. The fraction of sp³-hybridized carbons (Fsp3) is 0.400. The predicted octanol–water partition coefficient (Wildman–Crippen LogP) is -3.67. The van der Waals surface area contributed by atoms with Gasteiger partial charge in [0.15, 0.2) is 59.1 Å². The molecule has 524 valence electrons. The number of carbonyl (C=O) groups excluding carboxylic acids is 3. The van der Waals surface area contributed by atoms with Crippen LogP contribution in [0.15, 0.2) is 83.3 Å². The Morgan fingerprint density at radius 3 is 1.64 bits per heavy atom. The molecule has 97 heavy (non-hydrogen) atoms. The van der Waals surface area contributed by atoms with Gasteiger partial charge in [-0.3, -0.25) is 9.59 Å². The summed E-state index contributed by atoms with van der Waals surface area (Å²) in [6.45, 7) is -2.96. The summed E-state index contributed by atoms with van der Waals surface area (Å²) in [7, 11) is 0. The van der Waals surface area contributed by atoms with Crippen LogP contribution in [0.5, 0.6) is 57.5 Å². The number of carboxylic acid groups (broad SMARTS) is 2. The second-order valence-corrected chi connectivity index (χ2v) is 22.0. The number of esters is 3. The second-order valence-electron chi connectivity index (χ2n) is 22.0. The molecule has 4 aliphatic heterocycles. The lowest BCUT2D eigenvalue weighted by atomic mass is 9.97. The molecule has 20 atom stereocenters. The van der Waals surface area contributed by atoms with Gasteiger partial charge in [-0.2, -0.15) is 0 Å². The van der Waals surface area contributed by atoms with Crippen LogP contribution >= 0.6 is 0 Å². The van der Waals surface area contributed by atoms with Crippen molar-refractivity contribution < 1.29 is 183 Å². The first-order valence-corrected chi connectivity index (χ1v) is 28.7. The van der Waals surface area contributed by atoms with Crippen LogP contribution in [-0.4, -0.2) is 275 Å². The summed E-state index contributed by atoms with van der Waals surface area (Å²) >= 11 is 0. The molecular weight excluding hydrogens is 1310 g/mol. The number of fused-ring (bicyclic) bond motifs is 1. The number of aliphatic hydroxyl groups is 11. The molecule has 4 fully saturated rings. The smallest absolute Gasteiger partial charge is 0.402 e. The van der Waals surface area contributed by atoms with Gasteiger partial charge in [-0.15, -0.1) is 0 Å². The van der Waals surface area contributed by atoms with Crippen LogP contribution in [0.2, 0.25) is 0 Å². The van der Waals surface area contributed by atoms with E-state index in [0.717, 1.165) is 72.8 Å². The largest absolute Gasteiger partial charge is 0.507 e. The molecule has 1 aromatic heterocycles. The van der Waals surface area contributed by atoms with Gasteiger partial charge < -0.3 is 154 Å². The third kappa shape index (κ3) is 16.3. The Labute approximate surface area is 542 Å². The number of carbonyl (C=O) groups is 5. The van der Waals surface area contributed by atoms with Crippen molar-refractivity contribution in [1.29, 1.82) is 0 Å². The Balaban J connectivity index is 1.10. The van der Waals surface area contributed by atoms with E-state index in [1.807, 2.05) is 0 Å². The summed E-state index contributed by atoms with van der Waals surface area (Å²) < 4.78 is 68.3. The number of carboxylic acids is 2. The van der Waals surface area contributed by atoms with E-state index in [1.54, 1.807) is 0 Å². The van der Waals surface area contributed by atoms with Gasteiger partial charge in [0.1, 0.15) is 116 Å². The molecule has 4 aliphatic rings. The van der Waals surface area contributed by atoms with Gasteiger partial charge in [0, 0.05) is 36.4 Å². The van der Waals surface area contributed by atoms with E-state index in [-0.39, 0.29) is 11.1 Å². The summed E-state index contributed by atoms with van der Waals surface area (Å²) in [6, 6.07) is 11.3. The molecule has 4 aromatic carbocycles. The third-order valence-electron chi connectivity index (χ3n) is 15.3. The third-order valence-corrected chi connectivity index (χ3v) is 15.3. The number of rotatable bonds is 22. The van der Waals surface area contributed by atoms with Gasteiger partial charge in [0.2, 0.25) is 30.4 Å². The van der Waals surface area contributed by atoms with E-state index >= 15 is 0 Å². The van der Waals surface area contributed by atoms with Crippen LogP contribution in [0.1, 0.15) is 17.5 Å². The summed E-state index contributed by atoms with van der Waals surface area (Å²) in [6.07, 6.45) is -40.3. The maximum absolute atomic E-state index is 13.4. The standard InChI is InChI=1S/C60H62O37/c61-17-34-42(74)47(79)54(95-39(71)8-4-21-2-6-26(63)29(66)10-21)60(92-34)97-55-48(80)44(76)36(19-87-40(72)16-37(68)69)94-59(55)91-33-15-24-27(64)13-23(88-57-50(82)45(77)43(75)35(93-57)18-86-38(70)7-3-20-1-5-25(62)28(65)9-20)14-31(24)89-52(33)22-11-30(67)41(73)32(12-22)90-58-51(83)46(78)49(81)53(96-58)56(84)85/h1-15,34-36,42-51,53-55,57-61,74-83H,16-19H2,(H8-,62,63,64,65,66,67,68,69,70,71,73,84,85)/p+1/t34-,35-,36-,42-,43-,44+,45+,46+,47+,48+,49+,50-,51-,53+,54-,55-,57-,58-,59-,60+/m1/s1. The fourth-order valence-electron chi connectivity index (χ4n) is 10.1. The molecule has 0 amide bonds. The lowest BCUT2D eigenvalue weighted by Crippen LogP contribution is -2.65.